The van der Waals surface area contributed by atoms with Gasteiger partial charge >= 0.3 is 0 Å². The van der Waals surface area contributed by atoms with Crippen molar-refractivity contribution in [2.24, 2.45) is 0 Å². The number of ether oxygens (including phenoxy) is 1. The van der Waals surface area contributed by atoms with Crippen LogP contribution in [0, 0.1) is 11.3 Å². The predicted octanol–water partition coefficient (Wildman–Crippen LogP) is 4.79. The molecule has 2 aromatic carbocycles. The molecule has 4 rings (SSSR count). The third kappa shape index (κ3) is 3.07. The number of nitrogens with zero attached hydrogens (tertiary/aromatic N) is 3. The second-order valence-corrected chi connectivity index (χ2v) is 6.70. The van der Waals surface area contributed by atoms with Gasteiger partial charge in [-0.1, -0.05) is 23.7 Å². The lowest BCUT2D eigenvalue weighted by molar-refractivity contribution is 0.308. The number of aromatic nitrogens is 3. The smallest absolute Gasteiger partial charge is 0.190 e. The summed E-state index contributed by atoms with van der Waals surface area (Å²) in [6.45, 7) is 0.438. The quantitative estimate of drug-likeness (QED) is 0.563. The van der Waals surface area contributed by atoms with E-state index in [0.717, 1.165) is 16.5 Å². The molecule has 2 heterocycles. The number of hydrogen-bond acceptors (Lipinski definition) is 5. The maximum atomic E-state index is 9.08. The van der Waals surface area contributed by atoms with Crippen molar-refractivity contribution in [3.8, 4) is 23.1 Å². The first-order chi connectivity index (χ1) is 12.2. The molecule has 7 heteroatoms. The van der Waals surface area contributed by atoms with Gasteiger partial charge in [-0.3, -0.25) is 0 Å². The molecule has 2 aromatic heterocycles. The molecule has 0 aliphatic heterocycles. The van der Waals surface area contributed by atoms with Gasteiger partial charge in [0.1, 0.15) is 24.1 Å². The summed E-state index contributed by atoms with van der Waals surface area (Å²) < 4.78 is 7.11. The molecule has 0 radical (unpaired) electrons. The van der Waals surface area contributed by atoms with E-state index >= 15 is 0 Å². The number of rotatable bonds is 4. The van der Waals surface area contributed by atoms with E-state index in [-0.39, 0.29) is 5.69 Å². The lowest BCUT2D eigenvalue weighted by Gasteiger charge is -2.07. The van der Waals surface area contributed by atoms with Gasteiger partial charge < -0.3 is 4.74 Å². The zero-order chi connectivity index (χ0) is 17.2. The van der Waals surface area contributed by atoms with E-state index < -0.39 is 0 Å². The van der Waals surface area contributed by atoms with Crippen LogP contribution in [0.3, 0.4) is 0 Å². The van der Waals surface area contributed by atoms with E-state index in [1.807, 2.05) is 48.5 Å². The molecule has 1 N–H and O–H groups in total. The van der Waals surface area contributed by atoms with Gasteiger partial charge in [-0.05, 0) is 35.7 Å². The number of hydrogen-bond donors (Lipinski definition) is 1. The first-order valence-electron chi connectivity index (χ1n) is 7.44. The molecule has 0 atom stereocenters. The Labute approximate surface area is 152 Å². The monoisotopic (exact) mass is 366 g/mol. The van der Waals surface area contributed by atoms with Gasteiger partial charge in [-0.25, -0.2) is 0 Å². The molecular weight excluding hydrogens is 356 g/mol. The summed E-state index contributed by atoms with van der Waals surface area (Å²) in [5.74, 6) is 0.700. The van der Waals surface area contributed by atoms with Gasteiger partial charge in [-0.15, -0.1) is 16.4 Å². The molecule has 5 nitrogen and oxygen atoms in total. The van der Waals surface area contributed by atoms with Gasteiger partial charge in [0, 0.05) is 26.2 Å². The molecule has 0 unspecified atom stereocenters. The number of H-pyrrole nitrogens is 1. The predicted molar refractivity (Wildman–Crippen MR) is 97.7 cm³/mol. The molecular formula is C18H11ClN4OS. The SMILES string of the molecule is N#Cc1n[nH]nc1-c1cccc(OCc2csc3ccc(Cl)cc23)c1. The minimum atomic E-state index is 0.260. The van der Waals surface area contributed by atoms with E-state index in [4.69, 9.17) is 21.6 Å². The van der Waals surface area contributed by atoms with Crippen LogP contribution in [-0.4, -0.2) is 15.4 Å². The fraction of sp³-hybridized carbons (Fsp3) is 0.0556. The zero-order valence-electron chi connectivity index (χ0n) is 12.9. The molecule has 4 aromatic rings. The third-order valence-electron chi connectivity index (χ3n) is 3.77. The first-order valence-corrected chi connectivity index (χ1v) is 8.70. The molecule has 0 amide bonds. The summed E-state index contributed by atoms with van der Waals surface area (Å²) in [6, 6.07) is 15.3. The van der Waals surface area contributed by atoms with Crippen LogP contribution >= 0.6 is 22.9 Å². The van der Waals surface area contributed by atoms with Crippen molar-refractivity contribution in [1.82, 2.24) is 15.4 Å². The average Bonchev–Trinajstić information content (AvgIpc) is 3.26. The lowest BCUT2D eigenvalue weighted by Crippen LogP contribution is -1.95. The van der Waals surface area contributed by atoms with Crippen molar-refractivity contribution in [3.63, 3.8) is 0 Å². The topological polar surface area (TPSA) is 74.6 Å². The molecule has 0 spiro atoms. The van der Waals surface area contributed by atoms with Crippen LogP contribution in [0.25, 0.3) is 21.3 Å². The normalized spacial score (nSPS) is 10.7. The second-order valence-electron chi connectivity index (χ2n) is 5.35. The van der Waals surface area contributed by atoms with Gasteiger partial charge in [-0.2, -0.15) is 15.6 Å². The Kier molecular flexibility index (Phi) is 4.10. The van der Waals surface area contributed by atoms with Crippen molar-refractivity contribution in [3.05, 3.63) is 64.1 Å². The van der Waals surface area contributed by atoms with Gasteiger partial charge in [0.2, 0.25) is 0 Å². The zero-order valence-corrected chi connectivity index (χ0v) is 14.4. The Morgan fingerprint density at radius 2 is 2.12 bits per heavy atom. The van der Waals surface area contributed by atoms with Crippen LogP contribution in [-0.2, 0) is 6.61 Å². The Morgan fingerprint density at radius 3 is 3.00 bits per heavy atom. The van der Waals surface area contributed by atoms with Crippen LogP contribution in [0.4, 0.5) is 0 Å². The van der Waals surface area contributed by atoms with Crippen molar-refractivity contribution in [2.45, 2.75) is 6.61 Å². The highest BCUT2D eigenvalue weighted by Gasteiger charge is 2.11. The van der Waals surface area contributed by atoms with Crippen molar-refractivity contribution >= 4 is 33.0 Å². The van der Waals surface area contributed by atoms with E-state index in [1.165, 1.54) is 4.70 Å². The van der Waals surface area contributed by atoms with Crippen LogP contribution in [0.5, 0.6) is 5.75 Å². The molecule has 0 aliphatic rings. The Morgan fingerprint density at radius 1 is 1.20 bits per heavy atom. The van der Waals surface area contributed by atoms with Crippen molar-refractivity contribution in [1.29, 1.82) is 5.26 Å². The molecule has 0 saturated heterocycles. The number of halogens is 1. The summed E-state index contributed by atoms with van der Waals surface area (Å²) in [4.78, 5) is 0. The van der Waals surface area contributed by atoms with Crippen LogP contribution in [0.15, 0.2) is 47.8 Å². The lowest BCUT2D eigenvalue weighted by atomic mass is 10.1. The number of thiophene rings is 1. The summed E-state index contributed by atoms with van der Waals surface area (Å²) in [5.41, 5.74) is 2.64. The maximum absolute atomic E-state index is 9.08. The molecule has 0 bridgehead atoms. The molecule has 122 valence electrons. The number of nitriles is 1. The van der Waals surface area contributed by atoms with E-state index in [1.54, 1.807) is 11.3 Å². The number of fused-ring (bicyclic) bond motifs is 1. The molecule has 0 saturated carbocycles. The summed E-state index contributed by atoms with van der Waals surface area (Å²) in [6.07, 6.45) is 0. The second kappa shape index (κ2) is 6.55. The summed E-state index contributed by atoms with van der Waals surface area (Å²) in [7, 11) is 0. The Balaban J connectivity index is 1.58. The highest BCUT2D eigenvalue weighted by atomic mass is 35.5. The number of benzene rings is 2. The standard InChI is InChI=1S/C18H11ClN4OS/c19-13-4-5-17-15(7-13)12(10-25-17)9-24-14-3-1-2-11(6-14)18-16(8-20)21-23-22-18/h1-7,10H,9H2,(H,21,22,23). The largest absolute Gasteiger partial charge is 0.489 e. The first kappa shape index (κ1) is 15.6. The van der Waals surface area contributed by atoms with Gasteiger partial charge in [0.25, 0.3) is 0 Å². The Bertz CT molecular complexity index is 1100. The third-order valence-corrected chi connectivity index (χ3v) is 5.02. The van der Waals surface area contributed by atoms with Crippen LogP contribution < -0.4 is 4.74 Å². The maximum Gasteiger partial charge on any atom is 0.190 e. The van der Waals surface area contributed by atoms with Crippen molar-refractivity contribution in [2.75, 3.05) is 0 Å². The summed E-state index contributed by atoms with van der Waals surface area (Å²) in [5, 5.41) is 23.3. The van der Waals surface area contributed by atoms with E-state index in [0.29, 0.717) is 23.1 Å². The van der Waals surface area contributed by atoms with Gasteiger partial charge in [0.15, 0.2) is 5.69 Å². The number of aromatic amines is 1. The molecule has 25 heavy (non-hydrogen) atoms. The average molecular weight is 367 g/mol. The highest BCUT2D eigenvalue weighted by molar-refractivity contribution is 7.17. The number of nitrogens with one attached hydrogen (secondary N) is 1. The van der Waals surface area contributed by atoms with E-state index in [2.05, 4.69) is 20.8 Å². The summed E-state index contributed by atoms with van der Waals surface area (Å²) >= 11 is 7.76. The van der Waals surface area contributed by atoms with Crippen LogP contribution in [0.1, 0.15) is 11.3 Å². The fourth-order valence-electron chi connectivity index (χ4n) is 2.57. The highest BCUT2D eigenvalue weighted by Crippen LogP contribution is 2.30. The van der Waals surface area contributed by atoms with Crippen LogP contribution in [0.2, 0.25) is 5.02 Å². The molecule has 0 aliphatic carbocycles. The van der Waals surface area contributed by atoms with Crippen molar-refractivity contribution < 1.29 is 4.74 Å². The fourth-order valence-corrected chi connectivity index (χ4v) is 3.67. The minimum absolute atomic E-state index is 0.260. The Hall–Kier alpha value is -2.88. The van der Waals surface area contributed by atoms with E-state index in [9.17, 15) is 0 Å². The van der Waals surface area contributed by atoms with Gasteiger partial charge in [0.05, 0.1) is 0 Å². The molecule has 0 fully saturated rings. The minimum Gasteiger partial charge on any atom is -0.489 e.